The summed E-state index contributed by atoms with van der Waals surface area (Å²) in [5.41, 5.74) is 6.07. The molecule has 1 rings (SSSR count). The summed E-state index contributed by atoms with van der Waals surface area (Å²) < 4.78 is 0. The molecule has 188 valence electrons. The third-order valence-electron chi connectivity index (χ3n) is 4.56. The molecule has 0 bridgehead atoms. The maximum absolute atomic E-state index is 12.5. The summed E-state index contributed by atoms with van der Waals surface area (Å²) in [4.78, 5) is 80.5. The van der Waals surface area contributed by atoms with Gasteiger partial charge in [-0.25, -0.2) is 0 Å². The number of carbonyl (C=O) groups excluding carboxylic acids is 5. The summed E-state index contributed by atoms with van der Waals surface area (Å²) in [6.45, 7) is -0.541. The van der Waals surface area contributed by atoms with E-state index >= 15 is 0 Å². The van der Waals surface area contributed by atoms with Crippen LogP contribution in [0.15, 0.2) is 30.3 Å². The van der Waals surface area contributed by atoms with Crippen molar-refractivity contribution in [2.45, 2.75) is 37.8 Å². The van der Waals surface area contributed by atoms with Crippen LogP contribution in [0.1, 0.15) is 41.6 Å². The lowest BCUT2D eigenvalue weighted by Gasteiger charge is -2.21. The van der Waals surface area contributed by atoms with Crippen molar-refractivity contribution in [2.24, 2.45) is 5.73 Å². The molecule has 0 spiro atoms. The first kappa shape index (κ1) is 28.5. The Morgan fingerprint density at radius 1 is 0.886 bits per heavy atom. The molecule has 4 amide bonds. The van der Waals surface area contributed by atoms with Crippen molar-refractivity contribution in [2.75, 3.05) is 6.54 Å². The van der Waals surface area contributed by atoms with E-state index in [-0.39, 0.29) is 18.4 Å². The Hall–Kier alpha value is -4.55. The second-order valence-electron chi connectivity index (χ2n) is 7.25. The van der Waals surface area contributed by atoms with Crippen LogP contribution in [-0.2, 0) is 28.8 Å². The predicted molar refractivity (Wildman–Crippen MR) is 121 cm³/mol. The maximum Gasteiger partial charge on any atom is 0.303 e. The third-order valence-corrected chi connectivity index (χ3v) is 4.56. The van der Waals surface area contributed by atoms with Crippen LogP contribution in [0.4, 0.5) is 0 Å². The number of carboxylic acid groups (broad SMARTS) is 2. The molecule has 0 saturated heterocycles. The topological polar surface area (TPSA) is 222 Å². The molecule has 0 heterocycles. The van der Waals surface area contributed by atoms with Gasteiger partial charge in [0.05, 0.1) is 6.54 Å². The Morgan fingerprint density at radius 3 is 1.97 bits per heavy atom. The highest BCUT2D eigenvalue weighted by Gasteiger charge is 2.26. The van der Waals surface area contributed by atoms with Gasteiger partial charge < -0.3 is 31.9 Å². The lowest BCUT2D eigenvalue weighted by molar-refractivity contribution is -0.139. The SMILES string of the molecule is NC(=O)[C@H](CCC(=O)O)NC(=O)[C@H](CCC(=O)O)NC(=O)CNC(=O)c1ccc(/C=C/C=O)cc1. The van der Waals surface area contributed by atoms with Crippen molar-refractivity contribution >= 4 is 47.9 Å². The first-order valence-electron chi connectivity index (χ1n) is 10.4. The molecule has 0 unspecified atom stereocenters. The number of hydrogen-bond donors (Lipinski definition) is 6. The van der Waals surface area contributed by atoms with Crippen molar-refractivity contribution in [1.29, 1.82) is 0 Å². The smallest absolute Gasteiger partial charge is 0.303 e. The van der Waals surface area contributed by atoms with Crippen molar-refractivity contribution in [3.63, 3.8) is 0 Å². The number of nitrogens with one attached hydrogen (secondary N) is 3. The van der Waals surface area contributed by atoms with E-state index in [1.165, 1.54) is 24.3 Å². The average Bonchev–Trinajstić information content (AvgIpc) is 2.81. The van der Waals surface area contributed by atoms with Crippen molar-refractivity contribution in [1.82, 2.24) is 16.0 Å². The number of rotatable bonds is 15. The minimum absolute atomic E-state index is 0.226. The molecule has 0 saturated carbocycles. The fraction of sp³-hybridized carbons (Fsp3) is 0.318. The van der Waals surface area contributed by atoms with Gasteiger partial charge >= 0.3 is 11.9 Å². The predicted octanol–water partition coefficient (Wildman–Crippen LogP) is -1.19. The molecule has 0 fully saturated rings. The highest BCUT2D eigenvalue weighted by molar-refractivity contribution is 5.97. The lowest BCUT2D eigenvalue weighted by Crippen LogP contribution is -2.54. The van der Waals surface area contributed by atoms with Crippen LogP contribution in [0, 0.1) is 0 Å². The molecular weight excluding hydrogens is 464 g/mol. The second-order valence-corrected chi connectivity index (χ2v) is 7.25. The Bertz CT molecular complexity index is 989. The molecule has 7 N–H and O–H groups in total. The van der Waals surface area contributed by atoms with E-state index in [0.29, 0.717) is 11.8 Å². The number of aldehydes is 1. The zero-order chi connectivity index (χ0) is 26.4. The van der Waals surface area contributed by atoms with Crippen LogP contribution >= 0.6 is 0 Å². The van der Waals surface area contributed by atoms with Crippen LogP contribution in [0.3, 0.4) is 0 Å². The Kier molecular flexibility index (Phi) is 11.9. The molecule has 1 aromatic rings. The van der Waals surface area contributed by atoms with E-state index < -0.39 is 67.0 Å². The Labute approximate surface area is 199 Å². The molecule has 0 aromatic heterocycles. The number of amides is 4. The number of nitrogens with two attached hydrogens (primary N) is 1. The summed E-state index contributed by atoms with van der Waals surface area (Å²) in [7, 11) is 0. The highest BCUT2D eigenvalue weighted by atomic mass is 16.4. The van der Waals surface area contributed by atoms with Gasteiger partial charge in [-0.3, -0.25) is 33.6 Å². The largest absolute Gasteiger partial charge is 0.481 e. The number of primary amides is 1. The van der Waals surface area contributed by atoms with Crippen molar-refractivity contribution < 1.29 is 43.8 Å². The zero-order valence-electron chi connectivity index (χ0n) is 18.6. The number of allylic oxidation sites excluding steroid dienone is 1. The van der Waals surface area contributed by atoms with Gasteiger partial charge in [-0.05, 0) is 36.6 Å². The van der Waals surface area contributed by atoms with Crippen molar-refractivity contribution in [3.05, 3.63) is 41.5 Å². The number of carbonyl (C=O) groups is 7. The summed E-state index contributed by atoms with van der Waals surface area (Å²) in [6, 6.07) is 3.39. The van der Waals surface area contributed by atoms with Crippen molar-refractivity contribution in [3.8, 4) is 0 Å². The minimum atomic E-state index is -1.38. The van der Waals surface area contributed by atoms with E-state index in [1.54, 1.807) is 12.1 Å². The summed E-state index contributed by atoms with van der Waals surface area (Å²) >= 11 is 0. The fourth-order valence-corrected chi connectivity index (χ4v) is 2.77. The van der Waals surface area contributed by atoms with Gasteiger partial charge in [-0.15, -0.1) is 0 Å². The molecule has 1 aromatic carbocycles. The van der Waals surface area contributed by atoms with E-state index in [9.17, 15) is 33.6 Å². The molecule has 0 aliphatic heterocycles. The summed E-state index contributed by atoms with van der Waals surface area (Å²) in [6.07, 6.45) is 1.85. The van der Waals surface area contributed by atoms with E-state index in [4.69, 9.17) is 15.9 Å². The van der Waals surface area contributed by atoms with Gasteiger partial charge in [-0.1, -0.05) is 18.2 Å². The van der Waals surface area contributed by atoms with Crippen LogP contribution < -0.4 is 21.7 Å². The molecule has 13 nitrogen and oxygen atoms in total. The normalized spacial score (nSPS) is 12.2. The van der Waals surface area contributed by atoms with E-state index in [0.717, 1.165) is 0 Å². The fourth-order valence-electron chi connectivity index (χ4n) is 2.77. The van der Waals surface area contributed by atoms with Crippen LogP contribution in [-0.4, -0.2) is 70.7 Å². The first-order chi connectivity index (χ1) is 16.5. The molecule has 35 heavy (non-hydrogen) atoms. The zero-order valence-corrected chi connectivity index (χ0v) is 18.6. The molecule has 2 atom stereocenters. The quantitative estimate of drug-likeness (QED) is 0.128. The molecule has 0 radical (unpaired) electrons. The van der Waals surface area contributed by atoms with Gasteiger partial charge in [0, 0.05) is 18.4 Å². The molecule has 0 aliphatic carbocycles. The summed E-state index contributed by atoms with van der Waals surface area (Å²) in [5, 5.41) is 24.5. The minimum Gasteiger partial charge on any atom is -0.481 e. The van der Waals surface area contributed by atoms with Crippen LogP contribution in [0.2, 0.25) is 0 Å². The Balaban J connectivity index is 2.75. The number of hydrogen-bond acceptors (Lipinski definition) is 7. The second kappa shape index (κ2) is 14.6. The average molecular weight is 490 g/mol. The molecule has 13 heteroatoms. The number of carboxylic acids is 2. The standard InChI is InChI=1S/C22H26N4O9/c23-20(33)15(7-9-18(29)30)26-22(35)16(8-10-19(31)32)25-17(28)12-24-21(34)14-5-3-13(4-6-14)2-1-11-27/h1-6,11,15-16H,7-10,12H2,(H2,23,33)(H,24,34)(H,25,28)(H,26,35)(H,29,30)(H,31,32)/b2-1+/t15-,16-/m0/s1. The highest BCUT2D eigenvalue weighted by Crippen LogP contribution is 2.06. The molecule has 0 aliphatic rings. The molecular formula is C22H26N4O9. The third kappa shape index (κ3) is 11.2. The van der Waals surface area contributed by atoms with E-state index in [2.05, 4.69) is 16.0 Å². The lowest BCUT2D eigenvalue weighted by atomic mass is 10.1. The number of benzene rings is 1. The van der Waals surface area contributed by atoms with Crippen LogP contribution in [0.5, 0.6) is 0 Å². The van der Waals surface area contributed by atoms with Gasteiger partial charge in [0.15, 0.2) is 0 Å². The monoisotopic (exact) mass is 490 g/mol. The Morgan fingerprint density at radius 2 is 1.46 bits per heavy atom. The van der Waals surface area contributed by atoms with Gasteiger partial charge in [-0.2, -0.15) is 0 Å². The number of aliphatic carboxylic acids is 2. The first-order valence-corrected chi connectivity index (χ1v) is 10.4. The van der Waals surface area contributed by atoms with Gasteiger partial charge in [0.2, 0.25) is 17.7 Å². The van der Waals surface area contributed by atoms with Gasteiger partial charge in [0.25, 0.3) is 5.91 Å². The van der Waals surface area contributed by atoms with Crippen LogP contribution in [0.25, 0.3) is 6.08 Å². The maximum atomic E-state index is 12.5. The van der Waals surface area contributed by atoms with E-state index in [1.807, 2.05) is 0 Å². The van der Waals surface area contributed by atoms with Gasteiger partial charge in [0.1, 0.15) is 18.4 Å². The summed E-state index contributed by atoms with van der Waals surface area (Å²) in [5.74, 6) is -5.80.